The second-order valence-corrected chi connectivity index (χ2v) is 4.77. The maximum atomic E-state index is 13.6. The number of benzene rings is 2. The Balaban J connectivity index is 1.94. The van der Waals surface area contributed by atoms with Crippen molar-refractivity contribution in [1.82, 2.24) is 0 Å². The van der Waals surface area contributed by atoms with Gasteiger partial charge in [-0.2, -0.15) is 0 Å². The fourth-order valence-electron chi connectivity index (χ4n) is 1.79. The molecule has 1 amide bonds. The quantitative estimate of drug-likeness (QED) is 0.879. The lowest BCUT2D eigenvalue weighted by Gasteiger charge is -2.08. The highest BCUT2D eigenvalue weighted by molar-refractivity contribution is 5.95. The molecule has 0 fully saturated rings. The van der Waals surface area contributed by atoms with Crippen LogP contribution in [0.4, 0.5) is 18.9 Å². The van der Waals surface area contributed by atoms with Crippen molar-refractivity contribution < 1.29 is 27.5 Å². The van der Waals surface area contributed by atoms with E-state index in [0.29, 0.717) is 11.6 Å². The van der Waals surface area contributed by atoms with E-state index in [9.17, 15) is 22.8 Å². The van der Waals surface area contributed by atoms with Crippen molar-refractivity contribution >= 4 is 17.6 Å². The Hall–Kier alpha value is -2.83. The molecule has 0 saturated carbocycles. The summed E-state index contributed by atoms with van der Waals surface area (Å²) < 4.78 is 44.2. The summed E-state index contributed by atoms with van der Waals surface area (Å²) in [5.41, 5.74) is 0.255. The highest BCUT2D eigenvalue weighted by Crippen LogP contribution is 2.15. The summed E-state index contributed by atoms with van der Waals surface area (Å²) in [4.78, 5) is 23.2. The molecule has 0 atom stereocenters. The molecule has 0 spiro atoms. The molecule has 0 saturated heterocycles. The van der Waals surface area contributed by atoms with Crippen LogP contribution in [0.25, 0.3) is 0 Å². The van der Waals surface area contributed by atoms with Crippen LogP contribution in [-0.2, 0) is 9.53 Å². The largest absolute Gasteiger partial charge is 0.452 e. The van der Waals surface area contributed by atoms with Crippen molar-refractivity contribution in [2.45, 2.75) is 6.92 Å². The Morgan fingerprint density at radius 1 is 1.04 bits per heavy atom. The number of amides is 1. The van der Waals surface area contributed by atoms with Crippen molar-refractivity contribution in [1.29, 1.82) is 0 Å². The van der Waals surface area contributed by atoms with Crippen LogP contribution < -0.4 is 5.32 Å². The fraction of sp³-hybridized carbons (Fsp3) is 0.125. The van der Waals surface area contributed by atoms with Gasteiger partial charge in [-0.05, 0) is 36.8 Å². The van der Waals surface area contributed by atoms with E-state index in [1.807, 2.05) is 0 Å². The van der Waals surface area contributed by atoms with Gasteiger partial charge in [0.2, 0.25) is 0 Å². The van der Waals surface area contributed by atoms with E-state index < -0.39 is 35.9 Å². The molecule has 4 nitrogen and oxygen atoms in total. The predicted octanol–water partition coefficient (Wildman–Crippen LogP) is 3.21. The maximum absolute atomic E-state index is 13.6. The molecule has 0 aromatic heterocycles. The van der Waals surface area contributed by atoms with Gasteiger partial charge >= 0.3 is 5.97 Å². The molecule has 0 radical (unpaired) electrons. The third-order valence-corrected chi connectivity index (χ3v) is 2.83. The van der Waals surface area contributed by atoms with Gasteiger partial charge in [0.1, 0.15) is 17.5 Å². The number of hydrogen-bond donors (Lipinski definition) is 1. The molecule has 0 aliphatic rings. The lowest BCUT2D eigenvalue weighted by molar-refractivity contribution is -0.119. The Bertz CT molecular complexity index is 742. The SMILES string of the molecule is Cc1ccc(NC(=O)COC(=O)c2cc(F)cc(F)c2)c(F)c1. The number of halogens is 3. The predicted molar refractivity (Wildman–Crippen MR) is 76.4 cm³/mol. The van der Waals surface area contributed by atoms with Crippen LogP contribution in [-0.4, -0.2) is 18.5 Å². The lowest BCUT2D eigenvalue weighted by atomic mass is 10.2. The second-order valence-electron chi connectivity index (χ2n) is 4.77. The summed E-state index contributed by atoms with van der Waals surface area (Å²) in [6.45, 7) is 0.971. The van der Waals surface area contributed by atoms with Gasteiger partial charge in [0.25, 0.3) is 5.91 Å². The van der Waals surface area contributed by atoms with Crippen molar-refractivity contribution in [2.24, 2.45) is 0 Å². The van der Waals surface area contributed by atoms with E-state index in [2.05, 4.69) is 10.1 Å². The molecule has 0 unspecified atom stereocenters. The third kappa shape index (κ3) is 4.57. The number of hydrogen-bond acceptors (Lipinski definition) is 3. The molecule has 0 aliphatic carbocycles. The van der Waals surface area contributed by atoms with E-state index in [1.165, 1.54) is 12.1 Å². The molecule has 1 N–H and O–H groups in total. The number of ether oxygens (including phenoxy) is 1. The minimum absolute atomic E-state index is 0.0616. The van der Waals surface area contributed by atoms with Gasteiger partial charge in [0, 0.05) is 6.07 Å². The first-order valence-corrected chi connectivity index (χ1v) is 6.54. The first-order valence-electron chi connectivity index (χ1n) is 6.54. The van der Waals surface area contributed by atoms with E-state index in [0.717, 1.165) is 12.1 Å². The van der Waals surface area contributed by atoms with Crippen molar-refractivity contribution in [3.05, 3.63) is 65.0 Å². The number of carbonyl (C=O) groups excluding carboxylic acids is 2. The van der Waals surface area contributed by atoms with Gasteiger partial charge in [-0.3, -0.25) is 4.79 Å². The van der Waals surface area contributed by atoms with Crippen LogP contribution in [0.15, 0.2) is 36.4 Å². The van der Waals surface area contributed by atoms with Crippen LogP contribution in [0.1, 0.15) is 15.9 Å². The highest BCUT2D eigenvalue weighted by Gasteiger charge is 2.14. The Morgan fingerprint density at radius 2 is 1.70 bits per heavy atom. The van der Waals surface area contributed by atoms with Gasteiger partial charge in [-0.15, -0.1) is 0 Å². The van der Waals surface area contributed by atoms with Crippen LogP contribution >= 0.6 is 0 Å². The summed E-state index contributed by atoms with van der Waals surface area (Å²) in [6.07, 6.45) is 0. The zero-order chi connectivity index (χ0) is 17.0. The fourth-order valence-corrected chi connectivity index (χ4v) is 1.79. The van der Waals surface area contributed by atoms with E-state index in [-0.39, 0.29) is 11.3 Å². The molecule has 7 heteroatoms. The molecule has 23 heavy (non-hydrogen) atoms. The molecule has 0 aliphatic heterocycles. The zero-order valence-electron chi connectivity index (χ0n) is 12.0. The number of aryl methyl sites for hydroxylation is 1. The molecule has 0 heterocycles. The molecule has 120 valence electrons. The monoisotopic (exact) mass is 323 g/mol. The third-order valence-electron chi connectivity index (χ3n) is 2.83. The number of esters is 1. The number of nitrogens with one attached hydrogen (secondary N) is 1. The average Bonchev–Trinajstić information content (AvgIpc) is 2.46. The van der Waals surface area contributed by atoms with Gasteiger partial charge in [-0.25, -0.2) is 18.0 Å². The topological polar surface area (TPSA) is 55.4 Å². The first kappa shape index (κ1) is 16.5. The van der Waals surface area contributed by atoms with Crippen LogP contribution in [0.3, 0.4) is 0 Å². The van der Waals surface area contributed by atoms with Gasteiger partial charge in [0.05, 0.1) is 11.3 Å². The van der Waals surface area contributed by atoms with Gasteiger partial charge in [0.15, 0.2) is 6.61 Å². The highest BCUT2D eigenvalue weighted by atomic mass is 19.1. The summed E-state index contributed by atoms with van der Waals surface area (Å²) in [7, 11) is 0. The van der Waals surface area contributed by atoms with Crippen molar-refractivity contribution in [3.8, 4) is 0 Å². The van der Waals surface area contributed by atoms with Crippen molar-refractivity contribution in [2.75, 3.05) is 11.9 Å². The normalized spacial score (nSPS) is 10.3. The Labute approximate surface area is 129 Å². The standard InChI is InChI=1S/C16H12F3NO3/c1-9-2-3-14(13(19)4-9)20-15(21)8-23-16(22)10-5-11(17)7-12(18)6-10/h2-7H,8H2,1H3,(H,20,21). The molecular formula is C16H12F3NO3. The first-order chi connectivity index (χ1) is 10.8. The molecule has 2 aromatic rings. The Kier molecular flexibility index (Phi) is 5.00. The molecule has 2 aromatic carbocycles. The number of carbonyl (C=O) groups is 2. The van der Waals surface area contributed by atoms with Crippen molar-refractivity contribution in [3.63, 3.8) is 0 Å². The smallest absolute Gasteiger partial charge is 0.338 e. The van der Waals surface area contributed by atoms with E-state index in [4.69, 9.17) is 0 Å². The zero-order valence-corrected chi connectivity index (χ0v) is 12.0. The molecule has 2 rings (SSSR count). The second kappa shape index (κ2) is 6.95. The molecular weight excluding hydrogens is 311 g/mol. The van der Waals surface area contributed by atoms with Crippen LogP contribution in [0.5, 0.6) is 0 Å². The summed E-state index contributed by atoms with van der Waals surface area (Å²) in [5.74, 6) is -4.36. The minimum atomic E-state index is -1.07. The maximum Gasteiger partial charge on any atom is 0.338 e. The van der Waals surface area contributed by atoms with Crippen LogP contribution in [0.2, 0.25) is 0 Å². The van der Waals surface area contributed by atoms with Gasteiger partial charge < -0.3 is 10.1 Å². The minimum Gasteiger partial charge on any atom is -0.452 e. The lowest BCUT2D eigenvalue weighted by Crippen LogP contribution is -2.21. The summed E-state index contributed by atoms with van der Waals surface area (Å²) in [5, 5.41) is 2.23. The number of rotatable bonds is 4. The van der Waals surface area contributed by atoms with E-state index in [1.54, 1.807) is 13.0 Å². The average molecular weight is 323 g/mol. The van der Waals surface area contributed by atoms with Crippen LogP contribution in [0, 0.1) is 24.4 Å². The van der Waals surface area contributed by atoms with Gasteiger partial charge in [-0.1, -0.05) is 6.07 Å². The summed E-state index contributed by atoms with van der Waals surface area (Å²) >= 11 is 0. The molecule has 0 bridgehead atoms. The summed E-state index contributed by atoms with van der Waals surface area (Å²) in [6, 6.07) is 6.36. The Morgan fingerprint density at radius 3 is 2.30 bits per heavy atom. The number of anilines is 1. The van der Waals surface area contributed by atoms with E-state index >= 15 is 0 Å².